The molecule has 1 heterocycles. The second-order valence-corrected chi connectivity index (χ2v) is 4.38. The van der Waals surface area contributed by atoms with Gasteiger partial charge in [-0.2, -0.15) is 4.98 Å². The van der Waals surface area contributed by atoms with Gasteiger partial charge < -0.3 is 9.84 Å². The Hall–Kier alpha value is -1.69. The van der Waals surface area contributed by atoms with Crippen LogP contribution >= 0.6 is 15.9 Å². The highest BCUT2D eigenvalue weighted by atomic mass is 79.9. The first kappa shape index (κ1) is 11.8. The number of hydrogen-bond acceptors (Lipinski definition) is 4. The van der Waals surface area contributed by atoms with Gasteiger partial charge in [0.2, 0.25) is 11.8 Å². The molecule has 0 aliphatic rings. The highest BCUT2D eigenvalue weighted by molar-refractivity contribution is 9.10. The Morgan fingerprint density at radius 1 is 1.53 bits per heavy atom. The minimum atomic E-state index is -0.177. The molecule has 0 fully saturated rings. The maximum absolute atomic E-state index is 11.7. The summed E-state index contributed by atoms with van der Waals surface area (Å²) in [7, 11) is 0. The number of amides is 1. The molecule has 88 valence electrons. The predicted octanol–water partition coefficient (Wildman–Crippen LogP) is 2.32. The molecular weight excluding hydrogens is 286 g/mol. The molecule has 17 heavy (non-hydrogen) atoms. The Bertz CT molecular complexity index is 539. The van der Waals surface area contributed by atoms with Crippen molar-refractivity contribution in [1.29, 1.82) is 0 Å². The van der Waals surface area contributed by atoms with Crippen molar-refractivity contribution in [2.24, 2.45) is 0 Å². The van der Waals surface area contributed by atoms with E-state index in [1.165, 1.54) is 0 Å². The summed E-state index contributed by atoms with van der Waals surface area (Å²) >= 11 is 3.33. The Labute approximate surface area is 106 Å². The van der Waals surface area contributed by atoms with Gasteiger partial charge in [-0.05, 0) is 18.2 Å². The normalized spacial score (nSPS) is 10.2. The highest BCUT2D eigenvalue weighted by Crippen LogP contribution is 2.15. The van der Waals surface area contributed by atoms with Crippen molar-refractivity contribution in [3.05, 3.63) is 40.5 Å². The summed E-state index contributed by atoms with van der Waals surface area (Å²) < 4.78 is 5.69. The van der Waals surface area contributed by atoms with Gasteiger partial charge in [-0.15, -0.1) is 0 Å². The zero-order valence-electron chi connectivity index (χ0n) is 9.11. The predicted molar refractivity (Wildman–Crippen MR) is 65.5 cm³/mol. The van der Waals surface area contributed by atoms with Gasteiger partial charge in [0, 0.05) is 17.1 Å². The van der Waals surface area contributed by atoms with Crippen LogP contribution in [0.1, 0.15) is 11.7 Å². The van der Waals surface area contributed by atoms with E-state index in [-0.39, 0.29) is 12.3 Å². The van der Waals surface area contributed by atoms with Crippen molar-refractivity contribution in [2.45, 2.75) is 13.3 Å². The standard InChI is InChI=1S/C11H10BrN3O2/c1-7-13-10(15-17-7)6-11(16)14-9-4-2-3-8(12)5-9/h2-5H,6H2,1H3,(H,14,16). The van der Waals surface area contributed by atoms with Gasteiger partial charge in [-0.1, -0.05) is 27.2 Å². The quantitative estimate of drug-likeness (QED) is 0.943. The molecule has 1 N–H and O–H groups in total. The van der Waals surface area contributed by atoms with Gasteiger partial charge in [0.25, 0.3) is 0 Å². The Morgan fingerprint density at radius 2 is 2.35 bits per heavy atom. The molecule has 2 rings (SSSR count). The number of anilines is 1. The van der Waals surface area contributed by atoms with E-state index in [0.29, 0.717) is 11.7 Å². The van der Waals surface area contributed by atoms with E-state index in [1.807, 2.05) is 24.3 Å². The molecule has 0 spiro atoms. The third-order valence-corrected chi connectivity index (χ3v) is 2.49. The zero-order valence-corrected chi connectivity index (χ0v) is 10.7. The molecule has 1 aromatic heterocycles. The van der Waals surface area contributed by atoms with Crippen LogP contribution in [0, 0.1) is 6.92 Å². The summed E-state index contributed by atoms with van der Waals surface area (Å²) in [5.74, 6) is 0.661. The van der Waals surface area contributed by atoms with Crippen LogP contribution in [0.3, 0.4) is 0 Å². The van der Waals surface area contributed by atoms with Gasteiger partial charge >= 0.3 is 0 Å². The second kappa shape index (κ2) is 5.09. The van der Waals surface area contributed by atoms with Crippen molar-refractivity contribution in [3.8, 4) is 0 Å². The molecule has 0 radical (unpaired) electrons. The van der Waals surface area contributed by atoms with Crippen LogP contribution in [0.2, 0.25) is 0 Å². The van der Waals surface area contributed by atoms with E-state index >= 15 is 0 Å². The monoisotopic (exact) mass is 295 g/mol. The second-order valence-electron chi connectivity index (χ2n) is 3.46. The summed E-state index contributed by atoms with van der Waals surface area (Å²) in [6.45, 7) is 1.68. The number of carbonyl (C=O) groups excluding carboxylic acids is 1. The third-order valence-electron chi connectivity index (χ3n) is 2.00. The number of benzene rings is 1. The Balaban J connectivity index is 1.98. The van der Waals surface area contributed by atoms with Gasteiger partial charge in [0.15, 0.2) is 5.82 Å². The number of nitrogens with zero attached hydrogens (tertiary/aromatic N) is 2. The van der Waals surface area contributed by atoms with Crippen LogP contribution < -0.4 is 5.32 Å². The smallest absolute Gasteiger partial charge is 0.232 e. The molecule has 0 saturated heterocycles. The molecule has 0 atom stereocenters. The minimum Gasteiger partial charge on any atom is -0.340 e. The molecule has 0 unspecified atom stereocenters. The molecule has 0 aliphatic carbocycles. The van der Waals surface area contributed by atoms with E-state index < -0.39 is 0 Å². The van der Waals surface area contributed by atoms with Crippen LogP contribution in [0.25, 0.3) is 0 Å². The number of hydrogen-bond donors (Lipinski definition) is 1. The van der Waals surface area contributed by atoms with Crippen LogP contribution in [-0.4, -0.2) is 16.0 Å². The average molecular weight is 296 g/mol. The molecule has 2 aromatic rings. The number of aromatic nitrogens is 2. The third kappa shape index (κ3) is 3.39. The minimum absolute atomic E-state index is 0.101. The van der Waals surface area contributed by atoms with Gasteiger partial charge in [-0.25, -0.2) is 0 Å². The molecule has 0 saturated carbocycles. The lowest BCUT2D eigenvalue weighted by Crippen LogP contribution is -2.15. The Morgan fingerprint density at radius 3 is 3.00 bits per heavy atom. The first-order chi connectivity index (χ1) is 8.13. The fourth-order valence-corrected chi connectivity index (χ4v) is 1.73. The summed E-state index contributed by atoms with van der Waals surface area (Å²) in [4.78, 5) is 15.6. The topological polar surface area (TPSA) is 68.0 Å². The van der Waals surface area contributed by atoms with Crippen molar-refractivity contribution < 1.29 is 9.32 Å². The molecule has 6 heteroatoms. The number of halogens is 1. The lowest BCUT2D eigenvalue weighted by molar-refractivity contribution is -0.115. The number of carbonyl (C=O) groups is 1. The fourth-order valence-electron chi connectivity index (χ4n) is 1.33. The van der Waals surface area contributed by atoms with Crippen LogP contribution in [0.4, 0.5) is 5.69 Å². The van der Waals surface area contributed by atoms with Crippen molar-refractivity contribution in [2.75, 3.05) is 5.32 Å². The first-order valence-electron chi connectivity index (χ1n) is 4.98. The number of nitrogens with one attached hydrogen (secondary N) is 1. The maximum Gasteiger partial charge on any atom is 0.232 e. The van der Waals surface area contributed by atoms with E-state index in [0.717, 1.165) is 10.2 Å². The molecule has 0 bridgehead atoms. The van der Waals surface area contributed by atoms with Crippen molar-refractivity contribution >= 4 is 27.5 Å². The Kier molecular flexibility index (Phi) is 3.53. The van der Waals surface area contributed by atoms with E-state index in [4.69, 9.17) is 4.52 Å². The van der Waals surface area contributed by atoms with Gasteiger partial charge in [0.1, 0.15) is 0 Å². The summed E-state index contributed by atoms with van der Waals surface area (Å²) in [6.07, 6.45) is 0.101. The molecule has 0 aliphatic heterocycles. The summed E-state index contributed by atoms with van der Waals surface area (Å²) in [6, 6.07) is 7.36. The maximum atomic E-state index is 11.7. The van der Waals surface area contributed by atoms with E-state index in [2.05, 4.69) is 31.4 Å². The SMILES string of the molecule is Cc1nc(CC(=O)Nc2cccc(Br)c2)no1. The van der Waals surface area contributed by atoms with Crippen molar-refractivity contribution in [1.82, 2.24) is 10.1 Å². The molecule has 5 nitrogen and oxygen atoms in total. The van der Waals surface area contributed by atoms with Crippen molar-refractivity contribution in [3.63, 3.8) is 0 Å². The van der Waals surface area contributed by atoms with Gasteiger partial charge in [-0.3, -0.25) is 4.79 Å². The molecular formula is C11H10BrN3O2. The summed E-state index contributed by atoms with van der Waals surface area (Å²) in [5, 5.41) is 6.41. The summed E-state index contributed by atoms with van der Waals surface area (Å²) in [5.41, 5.74) is 0.726. The zero-order chi connectivity index (χ0) is 12.3. The van der Waals surface area contributed by atoms with E-state index in [9.17, 15) is 4.79 Å². The number of aryl methyl sites for hydroxylation is 1. The van der Waals surface area contributed by atoms with E-state index in [1.54, 1.807) is 6.92 Å². The first-order valence-corrected chi connectivity index (χ1v) is 5.77. The van der Waals surface area contributed by atoms with Crippen LogP contribution in [0.15, 0.2) is 33.3 Å². The van der Waals surface area contributed by atoms with Crippen LogP contribution in [-0.2, 0) is 11.2 Å². The molecule has 1 aromatic carbocycles. The number of rotatable bonds is 3. The van der Waals surface area contributed by atoms with Gasteiger partial charge in [0.05, 0.1) is 6.42 Å². The lowest BCUT2D eigenvalue weighted by atomic mass is 10.3. The lowest BCUT2D eigenvalue weighted by Gasteiger charge is -2.03. The highest BCUT2D eigenvalue weighted by Gasteiger charge is 2.09. The largest absolute Gasteiger partial charge is 0.340 e. The fraction of sp³-hybridized carbons (Fsp3) is 0.182. The van der Waals surface area contributed by atoms with Crippen LogP contribution in [0.5, 0.6) is 0 Å². The average Bonchev–Trinajstić information content (AvgIpc) is 2.63. The molecule has 1 amide bonds.